The highest BCUT2D eigenvalue weighted by Gasteiger charge is 2.07. The van der Waals surface area contributed by atoms with Crippen molar-refractivity contribution < 1.29 is 14.3 Å². The number of halogens is 2. The SMILES string of the molecule is COc1ccccc1CCCNC(=O)COc1ccc(Cl)cc1Cl. The Morgan fingerprint density at radius 3 is 2.67 bits per heavy atom. The Balaban J connectivity index is 1.70. The highest BCUT2D eigenvalue weighted by Crippen LogP contribution is 2.27. The van der Waals surface area contributed by atoms with Gasteiger partial charge >= 0.3 is 0 Å². The van der Waals surface area contributed by atoms with Crippen LogP contribution in [0.4, 0.5) is 0 Å². The summed E-state index contributed by atoms with van der Waals surface area (Å²) in [7, 11) is 1.65. The van der Waals surface area contributed by atoms with E-state index in [9.17, 15) is 4.79 Å². The van der Waals surface area contributed by atoms with Gasteiger partial charge in [0.15, 0.2) is 6.61 Å². The quantitative estimate of drug-likeness (QED) is 0.713. The molecule has 1 amide bonds. The van der Waals surface area contributed by atoms with Crippen molar-refractivity contribution in [3.63, 3.8) is 0 Å². The van der Waals surface area contributed by atoms with E-state index in [0.29, 0.717) is 22.3 Å². The van der Waals surface area contributed by atoms with Crippen molar-refractivity contribution in [2.75, 3.05) is 20.3 Å². The molecule has 0 bridgehead atoms. The summed E-state index contributed by atoms with van der Waals surface area (Å²) in [5, 5.41) is 3.72. The van der Waals surface area contributed by atoms with Crippen LogP contribution < -0.4 is 14.8 Å². The van der Waals surface area contributed by atoms with E-state index in [4.69, 9.17) is 32.7 Å². The topological polar surface area (TPSA) is 47.6 Å². The molecule has 0 saturated heterocycles. The summed E-state index contributed by atoms with van der Waals surface area (Å²) in [5.74, 6) is 1.11. The third-order valence-electron chi connectivity index (χ3n) is 3.39. The van der Waals surface area contributed by atoms with Gasteiger partial charge in [-0.15, -0.1) is 0 Å². The fraction of sp³-hybridized carbons (Fsp3) is 0.278. The van der Waals surface area contributed by atoms with Gasteiger partial charge in [0, 0.05) is 11.6 Å². The second kappa shape index (κ2) is 9.40. The predicted octanol–water partition coefficient (Wildman–Crippen LogP) is 4.13. The van der Waals surface area contributed by atoms with Crippen molar-refractivity contribution in [3.8, 4) is 11.5 Å². The summed E-state index contributed by atoms with van der Waals surface area (Å²) in [4.78, 5) is 11.8. The fourth-order valence-corrected chi connectivity index (χ4v) is 2.67. The predicted molar refractivity (Wildman–Crippen MR) is 96.3 cm³/mol. The largest absolute Gasteiger partial charge is 0.496 e. The molecule has 0 aliphatic rings. The number of carbonyl (C=O) groups excluding carboxylic acids is 1. The Hall–Kier alpha value is -1.91. The van der Waals surface area contributed by atoms with E-state index in [-0.39, 0.29) is 12.5 Å². The number of nitrogens with one attached hydrogen (secondary N) is 1. The standard InChI is InChI=1S/C18H19Cl2NO3/c1-23-16-7-3-2-5-13(16)6-4-10-21-18(22)12-24-17-9-8-14(19)11-15(17)20/h2-3,5,7-9,11H,4,6,10,12H2,1H3,(H,21,22). The third kappa shape index (κ3) is 5.62. The van der Waals surface area contributed by atoms with Crippen molar-refractivity contribution in [3.05, 3.63) is 58.1 Å². The van der Waals surface area contributed by atoms with Crippen molar-refractivity contribution in [2.24, 2.45) is 0 Å². The molecule has 0 atom stereocenters. The van der Waals surface area contributed by atoms with Crippen molar-refractivity contribution >= 4 is 29.1 Å². The first-order valence-corrected chi connectivity index (χ1v) is 8.32. The Bertz CT molecular complexity index is 692. The van der Waals surface area contributed by atoms with Crippen LogP contribution in [-0.2, 0) is 11.2 Å². The molecular weight excluding hydrogens is 349 g/mol. The molecule has 6 heteroatoms. The minimum absolute atomic E-state index is 0.0873. The van der Waals surface area contributed by atoms with Crippen LogP contribution in [0.1, 0.15) is 12.0 Å². The van der Waals surface area contributed by atoms with E-state index < -0.39 is 0 Å². The lowest BCUT2D eigenvalue weighted by Crippen LogP contribution is -2.30. The zero-order valence-corrected chi connectivity index (χ0v) is 14.9. The lowest BCUT2D eigenvalue weighted by Gasteiger charge is -2.10. The molecule has 2 rings (SSSR count). The second-order valence-electron chi connectivity index (χ2n) is 5.13. The lowest BCUT2D eigenvalue weighted by atomic mass is 10.1. The highest BCUT2D eigenvalue weighted by atomic mass is 35.5. The molecule has 0 radical (unpaired) electrons. The summed E-state index contributed by atoms with van der Waals surface area (Å²) in [6, 6.07) is 12.7. The van der Waals surface area contributed by atoms with E-state index >= 15 is 0 Å². The first kappa shape index (κ1) is 18.4. The van der Waals surface area contributed by atoms with Crippen LogP contribution >= 0.6 is 23.2 Å². The first-order chi connectivity index (χ1) is 11.6. The van der Waals surface area contributed by atoms with Gasteiger partial charge in [-0.1, -0.05) is 41.4 Å². The Kier molecular flexibility index (Phi) is 7.22. The van der Waals surface area contributed by atoms with E-state index in [2.05, 4.69) is 5.32 Å². The number of amides is 1. The number of benzene rings is 2. The minimum atomic E-state index is -0.193. The summed E-state index contributed by atoms with van der Waals surface area (Å²) in [6.45, 7) is 0.477. The number of hydrogen-bond donors (Lipinski definition) is 1. The molecular formula is C18H19Cl2NO3. The van der Waals surface area contributed by atoms with E-state index in [1.165, 1.54) is 0 Å². The minimum Gasteiger partial charge on any atom is -0.496 e. The third-order valence-corrected chi connectivity index (χ3v) is 3.92. The van der Waals surface area contributed by atoms with Crippen LogP contribution in [0, 0.1) is 0 Å². The molecule has 0 unspecified atom stereocenters. The van der Waals surface area contributed by atoms with Gasteiger partial charge in [-0.3, -0.25) is 4.79 Å². The van der Waals surface area contributed by atoms with Crippen molar-refractivity contribution in [1.82, 2.24) is 5.32 Å². The second-order valence-corrected chi connectivity index (χ2v) is 5.97. The molecule has 0 saturated carbocycles. The average molecular weight is 368 g/mol. The molecule has 0 aliphatic heterocycles. The van der Waals surface area contributed by atoms with Crippen LogP contribution in [0.3, 0.4) is 0 Å². The van der Waals surface area contributed by atoms with Crippen molar-refractivity contribution in [2.45, 2.75) is 12.8 Å². The molecule has 0 spiro atoms. The molecule has 2 aromatic carbocycles. The number of methoxy groups -OCH3 is 1. The molecule has 0 fully saturated rings. The van der Waals surface area contributed by atoms with Crippen LogP contribution in [0.5, 0.6) is 11.5 Å². The maximum absolute atomic E-state index is 11.8. The van der Waals surface area contributed by atoms with Gasteiger partial charge < -0.3 is 14.8 Å². The highest BCUT2D eigenvalue weighted by molar-refractivity contribution is 6.35. The summed E-state index contributed by atoms with van der Waals surface area (Å²) >= 11 is 11.8. The average Bonchev–Trinajstić information content (AvgIpc) is 2.58. The molecule has 2 aromatic rings. The number of hydrogen-bond acceptors (Lipinski definition) is 3. The number of para-hydroxylation sites is 1. The number of carbonyl (C=O) groups is 1. The normalized spacial score (nSPS) is 10.3. The zero-order chi connectivity index (χ0) is 17.4. The van der Waals surface area contributed by atoms with Gasteiger partial charge in [0.25, 0.3) is 5.91 Å². The van der Waals surface area contributed by atoms with Gasteiger partial charge in [-0.05, 0) is 42.7 Å². The molecule has 0 aromatic heterocycles. The van der Waals surface area contributed by atoms with Gasteiger partial charge in [0.2, 0.25) is 0 Å². The smallest absolute Gasteiger partial charge is 0.257 e. The van der Waals surface area contributed by atoms with E-state index in [0.717, 1.165) is 24.2 Å². The maximum Gasteiger partial charge on any atom is 0.257 e. The summed E-state index contributed by atoms with van der Waals surface area (Å²) < 4.78 is 10.7. The van der Waals surface area contributed by atoms with Gasteiger partial charge in [0.1, 0.15) is 11.5 Å². The van der Waals surface area contributed by atoms with Gasteiger partial charge in [0.05, 0.1) is 12.1 Å². The number of aryl methyl sites for hydroxylation is 1. The monoisotopic (exact) mass is 367 g/mol. The van der Waals surface area contributed by atoms with Crippen LogP contribution in [0.15, 0.2) is 42.5 Å². The van der Waals surface area contributed by atoms with E-state index in [1.54, 1.807) is 25.3 Å². The molecule has 1 N–H and O–H groups in total. The van der Waals surface area contributed by atoms with Crippen molar-refractivity contribution in [1.29, 1.82) is 0 Å². The van der Waals surface area contributed by atoms with E-state index in [1.807, 2.05) is 24.3 Å². The van der Waals surface area contributed by atoms with Crippen LogP contribution in [-0.4, -0.2) is 26.2 Å². The molecule has 4 nitrogen and oxygen atoms in total. The Morgan fingerprint density at radius 2 is 1.92 bits per heavy atom. The Morgan fingerprint density at radius 1 is 1.12 bits per heavy atom. The Labute approximate surface area is 151 Å². The maximum atomic E-state index is 11.8. The molecule has 128 valence electrons. The molecule has 24 heavy (non-hydrogen) atoms. The fourth-order valence-electron chi connectivity index (χ4n) is 2.20. The number of ether oxygens (including phenoxy) is 2. The molecule has 0 aliphatic carbocycles. The summed E-state index contributed by atoms with van der Waals surface area (Å²) in [5.41, 5.74) is 1.12. The number of rotatable bonds is 8. The van der Waals surface area contributed by atoms with Crippen LogP contribution in [0.2, 0.25) is 10.0 Å². The summed E-state index contributed by atoms with van der Waals surface area (Å²) in [6.07, 6.45) is 1.64. The zero-order valence-electron chi connectivity index (χ0n) is 13.4. The van der Waals surface area contributed by atoms with Gasteiger partial charge in [-0.2, -0.15) is 0 Å². The van der Waals surface area contributed by atoms with Gasteiger partial charge in [-0.25, -0.2) is 0 Å². The van der Waals surface area contributed by atoms with Crippen LogP contribution in [0.25, 0.3) is 0 Å². The first-order valence-electron chi connectivity index (χ1n) is 7.56. The lowest BCUT2D eigenvalue weighted by molar-refractivity contribution is -0.123. The molecule has 0 heterocycles.